The largest absolute Gasteiger partial charge is 0.453 e. The van der Waals surface area contributed by atoms with E-state index in [-0.39, 0.29) is 53.9 Å². The molecule has 4 saturated heterocycles. The number of aliphatic hydroxyl groups excluding tert-OH is 1. The first-order chi connectivity index (χ1) is 33.4. The lowest BCUT2D eigenvalue weighted by molar-refractivity contribution is -0.138. The van der Waals surface area contributed by atoms with Gasteiger partial charge >= 0.3 is 6.09 Å². The zero-order valence-corrected chi connectivity index (χ0v) is 43.7. The van der Waals surface area contributed by atoms with E-state index in [9.17, 15) is 24.7 Å². The molecule has 2 unspecified atom stereocenters. The first kappa shape index (κ1) is 56.6. The molecule has 6 rings (SSSR count). The molecule has 0 spiro atoms. The summed E-state index contributed by atoms with van der Waals surface area (Å²) in [4.78, 5) is 47.1. The van der Waals surface area contributed by atoms with Gasteiger partial charge in [0, 0.05) is 69.4 Å². The number of amides is 3. The Balaban J connectivity index is 0.00000101. The number of morpholine rings is 1. The second kappa shape index (κ2) is 26.9. The highest BCUT2D eigenvalue weighted by Gasteiger charge is 2.43. The van der Waals surface area contributed by atoms with Crippen LogP contribution in [0.2, 0.25) is 0 Å². The van der Waals surface area contributed by atoms with E-state index in [1.807, 2.05) is 37.8 Å². The molecule has 17 nitrogen and oxygen atoms in total. The van der Waals surface area contributed by atoms with E-state index in [2.05, 4.69) is 114 Å². The maximum atomic E-state index is 13.6. The normalized spacial score (nSPS) is 25.0. The summed E-state index contributed by atoms with van der Waals surface area (Å²) in [5, 5.41) is 30.0. The maximum absolute atomic E-state index is 13.6. The number of alkyl carbamates (subject to hydrolysis) is 1. The lowest BCUT2D eigenvalue weighted by Gasteiger charge is -2.40. The number of ether oxygens (including phenoxy) is 4. The van der Waals surface area contributed by atoms with E-state index < -0.39 is 29.8 Å². The number of aliphatic hydroxyl groups is 1. The molecule has 6 N–H and O–H groups in total. The minimum Gasteiger partial charge on any atom is -0.453 e. The van der Waals surface area contributed by atoms with Gasteiger partial charge in [-0.2, -0.15) is 0 Å². The Labute approximate surface area is 423 Å². The minimum atomic E-state index is -1.04. The molecular weight excluding hydrogens is 893 g/mol. The first-order valence-electron chi connectivity index (χ1n) is 25.4. The molecule has 1 aromatic rings. The number of likely N-dealkylation sites (tertiary alicyclic amines) is 3. The van der Waals surface area contributed by atoms with Gasteiger partial charge in [0.15, 0.2) is 0 Å². The number of allylic oxidation sites excluding steroid dienone is 2. The first-order valence-corrected chi connectivity index (χ1v) is 25.4. The molecule has 8 atom stereocenters. The molecule has 0 aromatic heterocycles. The molecule has 1 aliphatic carbocycles. The van der Waals surface area contributed by atoms with Crippen LogP contribution in [-0.4, -0.2) is 164 Å². The third kappa shape index (κ3) is 15.6. The topological polar surface area (TPSA) is 190 Å². The van der Waals surface area contributed by atoms with E-state index in [1.54, 1.807) is 12.0 Å². The van der Waals surface area contributed by atoms with Crippen LogP contribution in [0.4, 0.5) is 10.5 Å². The summed E-state index contributed by atoms with van der Waals surface area (Å²) >= 11 is 0. The summed E-state index contributed by atoms with van der Waals surface area (Å²) in [7, 11) is 2.88. The molecular formula is C53H94N8O9. The highest BCUT2D eigenvalue weighted by atomic mass is 16.7. The van der Waals surface area contributed by atoms with Crippen molar-refractivity contribution in [2.45, 2.75) is 149 Å². The van der Waals surface area contributed by atoms with Crippen molar-refractivity contribution >= 4 is 23.6 Å². The number of hydrogen-bond donors (Lipinski definition) is 6. The number of hydrogen-bond acceptors (Lipinski definition) is 14. The standard InChI is InChI=1S/C39H58N6O6.C14H28N2O3.4H2/c1-6-31(43-23-25-51-26-24-43)9-7-21-44-32(19-20-33(44)28-13-17-30(42-49)18-14-28)27-11-15-29(16-12-27)40-36(46)34-10-8-22-45(34)37(47)35(39(2,3)4)41-38(48)50-5;1-11-7-6-8-16(11)13(17)12(14(2,3)4)15-9-19-10-18-5;;;;/h6-7,9,11-15,17-18,29,32-35,37,42,47,49H,8,10,16,19-26H2,1-5H3,(H,40,46)(H,41,48);11-12,15H,6-10H2,1-5H3;4*1H/b9-7-,31-6+;;;;;/t29?,32-,33-,34+,35-,37?;11-,12-;;;;/m11..../s1. The number of nitrogens with one attached hydrogen (secondary N) is 4. The Hall–Kier alpha value is -4.33. The van der Waals surface area contributed by atoms with E-state index >= 15 is 0 Å². The van der Waals surface area contributed by atoms with Gasteiger partial charge in [-0.25, -0.2) is 4.79 Å². The van der Waals surface area contributed by atoms with E-state index in [0.29, 0.717) is 37.8 Å². The Bertz CT molecular complexity index is 1960. The monoisotopic (exact) mass is 987 g/mol. The van der Waals surface area contributed by atoms with Crippen molar-refractivity contribution in [3.8, 4) is 0 Å². The van der Waals surface area contributed by atoms with Crippen molar-refractivity contribution in [1.82, 2.24) is 35.6 Å². The molecule has 0 bridgehead atoms. The van der Waals surface area contributed by atoms with Crippen LogP contribution in [0.15, 0.2) is 72.0 Å². The molecule has 4 heterocycles. The minimum absolute atomic E-state index is 0. The number of carbonyl (C=O) groups is 3. The van der Waals surface area contributed by atoms with Crippen LogP contribution in [0, 0.1) is 10.8 Å². The van der Waals surface area contributed by atoms with Gasteiger partial charge in [-0.05, 0) is 99.0 Å². The zero-order chi connectivity index (χ0) is 51.0. The number of benzene rings is 1. The smallest absolute Gasteiger partial charge is 0.407 e. The van der Waals surface area contributed by atoms with Crippen LogP contribution in [0.5, 0.6) is 0 Å². The molecule has 4 aliphatic heterocycles. The van der Waals surface area contributed by atoms with Gasteiger partial charge in [0.2, 0.25) is 11.8 Å². The summed E-state index contributed by atoms with van der Waals surface area (Å²) in [5.74, 6) is 0.0656. The van der Waals surface area contributed by atoms with E-state index in [1.165, 1.54) is 23.9 Å². The molecule has 70 heavy (non-hydrogen) atoms. The number of nitrogens with zero attached hydrogens (tertiary/aromatic N) is 4. The van der Waals surface area contributed by atoms with Gasteiger partial charge in [0.25, 0.3) is 0 Å². The lowest BCUT2D eigenvalue weighted by atomic mass is 9.85. The molecule has 4 fully saturated rings. The van der Waals surface area contributed by atoms with Crippen molar-refractivity contribution in [2.75, 3.05) is 79.2 Å². The lowest BCUT2D eigenvalue weighted by Crippen LogP contribution is -2.60. The van der Waals surface area contributed by atoms with Gasteiger partial charge < -0.3 is 44.5 Å². The van der Waals surface area contributed by atoms with Crippen molar-refractivity contribution < 1.29 is 49.4 Å². The van der Waals surface area contributed by atoms with Gasteiger partial charge in [-0.3, -0.25) is 35.4 Å². The van der Waals surface area contributed by atoms with Gasteiger partial charge in [0.05, 0.1) is 50.2 Å². The summed E-state index contributed by atoms with van der Waals surface area (Å²) in [6, 6.07) is 7.27. The average molecular weight is 987 g/mol. The van der Waals surface area contributed by atoms with Gasteiger partial charge in [0.1, 0.15) is 19.8 Å². The SMILES string of the molecule is C/C=C(\C=C/CN1[C@@H](C2=CCC(NC(=O)[C@@H]3CCCN3C(O)[C@@H](NC(=O)OC)C(C)(C)C)C=C2)CC[C@@H]1c1ccc(NO)cc1)N1CCOCC1.COCOCN[C@H](C(=O)N1CCC[C@H]1C)C(C)(C)C.[HH].[HH].[HH].[HH]. The Morgan fingerprint density at radius 1 is 0.943 bits per heavy atom. The average Bonchev–Trinajstić information content (AvgIpc) is 4.12. The van der Waals surface area contributed by atoms with Crippen LogP contribution >= 0.6 is 0 Å². The molecule has 0 radical (unpaired) electrons. The highest BCUT2D eigenvalue weighted by Crippen LogP contribution is 2.40. The maximum Gasteiger partial charge on any atom is 0.407 e. The summed E-state index contributed by atoms with van der Waals surface area (Å²) in [6.45, 7) is 22.3. The predicted molar refractivity (Wildman–Crippen MR) is 281 cm³/mol. The van der Waals surface area contributed by atoms with Crippen LogP contribution in [0.25, 0.3) is 0 Å². The summed E-state index contributed by atoms with van der Waals surface area (Å²) < 4.78 is 20.4. The molecule has 0 saturated carbocycles. The third-order valence-electron chi connectivity index (χ3n) is 14.2. The number of rotatable bonds is 18. The van der Waals surface area contributed by atoms with Gasteiger partial charge in [-0.15, -0.1) is 0 Å². The van der Waals surface area contributed by atoms with Gasteiger partial charge in [-0.1, -0.05) is 84.1 Å². The van der Waals surface area contributed by atoms with Crippen molar-refractivity contribution in [3.63, 3.8) is 0 Å². The van der Waals surface area contributed by atoms with Crippen LogP contribution in [0.1, 0.15) is 118 Å². The molecule has 1 aromatic carbocycles. The second-order valence-corrected chi connectivity index (χ2v) is 21.2. The number of anilines is 1. The van der Waals surface area contributed by atoms with Crippen molar-refractivity contribution in [2.24, 2.45) is 10.8 Å². The number of carbonyl (C=O) groups excluding carboxylic acids is 3. The van der Waals surface area contributed by atoms with Crippen molar-refractivity contribution in [3.05, 3.63) is 77.6 Å². The molecule has 400 valence electrons. The Kier molecular flexibility index (Phi) is 21.8. The predicted octanol–water partition coefficient (Wildman–Crippen LogP) is 7.27. The van der Waals surface area contributed by atoms with Crippen molar-refractivity contribution in [1.29, 1.82) is 0 Å². The third-order valence-corrected chi connectivity index (χ3v) is 14.2. The summed E-state index contributed by atoms with van der Waals surface area (Å²) in [5.41, 5.74) is 5.97. The van der Waals surface area contributed by atoms with Crippen LogP contribution in [-0.2, 0) is 28.5 Å². The molecule has 17 heteroatoms. The fourth-order valence-corrected chi connectivity index (χ4v) is 10.3. The number of methoxy groups -OCH3 is 2. The van der Waals surface area contributed by atoms with E-state index in [4.69, 9.17) is 18.9 Å². The fourth-order valence-electron chi connectivity index (χ4n) is 10.3. The van der Waals surface area contributed by atoms with E-state index in [0.717, 1.165) is 71.5 Å². The zero-order valence-electron chi connectivity index (χ0n) is 43.7. The fraction of sp³-hybridized carbons (Fsp3) is 0.679. The molecule has 3 amide bonds. The quantitative estimate of drug-likeness (QED) is 0.0373. The Morgan fingerprint density at radius 2 is 1.64 bits per heavy atom. The van der Waals surface area contributed by atoms with Crippen LogP contribution in [0.3, 0.4) is 0 Å². The Morgan fingerprint density at radius 3 is 2.23 bits per heavy atom. The summed E-state index contributed by atoms with van der Waals surface area (Å²) in [6.07, 6.45) is 17.8. The van der Waals surface area contributed by atoms with Crippen LogP contribution < -0.4 is 21.4 Å². The second-order valence-electron chi connectivity index (χ2n) is 21.2. The molecule has 5 aliphatic rings. The highest BCUT2D eigenvalue weighted by molar-refractivity contribution is 5.83.